The summed E-state index contributed by atoms with van der Waals surface area (Å²) in [6.45, 7) is 3.91. The average Bonchev–Trinajstić information content (AvgIpc) is 2.93. The Balaban J connectivity index is 2.01. The van der Waals surface area contributed by atoms with Crippen LogP contribution in [0.1, 0.15) is 29.7 Å². The lowest BCUT2D eigenvalue weighted by Crippen LogP contribution is -2.22. The summed E-state index contributed by atoms with van der Waals surface area (Å²) in [7, 11) is 0. The lowest BCUT2D eigenvalue weighted by atomic mass is 9.96. The van der Waals surface area contributed by atoms with Crippen LogP contribution >= 0.6 is 22.6 Å². The first kappa shape index (κ1) is 13.9. The van der Waals surface area contributed by atoms with Crippen molar-refractivity contribution in [3.8, 4) is 5.75 Å². The van der Waals surface area contributed by atoms with Crippen molar-refractivity contribution in [2.45, 2.75) is 19.4 Å². The molecule has 104 valence electrons. The van der Waals surface area contributed by atoms with Crippen molar-refractivity contribution in [2.75, 3.05) is 13.2 Å². The highest BCUT2D eigenvalue weighted by Crippen LogP contribution is 2.32. The Labute approximate surface area is 133 Å². The van der Waals surface area contributed by atoms with Crippen LogP contribution in [0.3, 0.4) is 0 Å². The van der Waals surface area contributed by atoms with E-state index < -0.39 is 0 Å². The van der Waals surface area contributed by atoms with Gasteiger partial charge in [0.1, 0.15) is 5.75 Å². The van der Waals surface area contributed by atoms with E-state index in [1.54, 1.807) is 0 Å². The van der Waals surface area contributed by atoms with Crippen LogP contribution in [0.25, 0.3) is 0 Å². The molecule has 1 atom stereocenters. The minimum absolute atomic E-state index is 0.249. The molecule has 0 aliphatic carbocycles. The van der Waals surface area contributed by atoms with E-state index in [2.05, 4.69) is 77.3 Å². The van der Waals surface area contributed by atoms with Gasteiger partial charge in [-0.1, -0.05) is 37.3 Å². The Hall–Kier alpha value is -1.07. The fourth-order valence-electron chi connectivity index (χ4n) is 2.71. The smallest absolute Gasteiger partial charge is 0.122 e. The molecule has 0 aromatic heterocycles. The summed E-state index contributed by atoms with van der Waals surface area (Å²) >= 11 is 2.41. The van der Waals surface area contributed by atoms with Crippen molar-refractivity contribution in [1.29, 1.82) is 0 Å². The highest BCUT2D eigenvalue weighted by molar-refractivity contribution is 14.1. The number of nitrogens with one attached hydrogen (secondary N) is 1. The molecule has 1 aliphatic rings. The van der Waals surface area contributed by atoms with Gasteiger partial charge in [-0.25, -0.2) is 0 Å². The van der Waals surface area contributed by atoms with Crippen LogP contribution in [-0.2, 0) is 6.42 Å². The van der Waals surface area contributed by atoms with Crippen LogP contribution in [0.2, 0.25) is 0 Å². The van der Waals surface area contributed by atoms with E-state index in [0.29, 0.717) is 0 Å². The zero-order valence-corrected chi connectivity index (χ0v) is 13.7. The Bertz CT molecular complexity index is 612. The predicted molar refractivity (Wildman–Crippen MR) is 90.3 cm³/mol. The van der Waals surface area contributed by atoms with Gasteiger partial charge in [-0.05, 0) is 58.0 Å². The van der Waals surface area contributed by atoms with E-state index in [-0.39, 0.29) is 6.04 Å². The van der Waals surface area contributed by atoms with Gasteiger partial charge in [0.2, 0.25) is 0 Å². The lowest BCUT2D eigenvalue weighted by Gasteiger charge is -2.21. The van der Waals surface area contributed by atoms with Crippen molar-refractivity contribution in [2.24, 2.45) is 0 Å². The van der Waals surface area contributed by atoms with Gasteiger partial charge >= 0.3 is 0 Å². The van der Waals surface area contributed by atoms with Gasteiger partial charge in [-0.3, -0.25) is 0 Å². The minimum Gasteiger partial charge on any atom is -0.493 e. The van der Waals surface area contributed by atoms with E-state index in [0.717, 1.165) is 25.3 Å². The summed E-state index contributed by atoms with van der Waals surface area (Å²) in [6.07, 6.45) is 1.02. The van der Waals surface area contributed by atoms with Gasteiger partial charge in [-0.2, -0.15) is 0 Å². The first-order valence-electron chi connectivity index (χ1n) is 7.03. The molecule has 1 unspecified atom stereocenters. The molecule has 0 bridgehead atoms. The molecule has 20 heavy (non-hydrogen) atoms. The van der Waals surface area contributed by atoms with E-state index >= 15 is 0 Å². The van der Waals surface area contributed by atoms with Gasteiger partial charge in [0.25, 0.3) is 0 Å². The number of fused-ring (bicyclic) bond motifs is 1. The molecule has 3 heteroatoms. The van der Waals surface area contributed by atoms with E-state index in [1.165, 1.54) is 20.3 Å². The van der Waals surface area contributed by atoms with Gasteiger partial charge in [0, 0.05) is 9.99 Å². The largest absolute Gasteiger partial charge is 0.493 e. The van der Waals surface area contributed by atoms with Crippen LogP contribution in [0.4, 0.5) is 0 Å². The maximum Gasteiger partial charge on any atom is 0.122 e. The van der Waals surface area contributed by atoms with E-state index in [1.807, 2.05) is 0 Å². The monoisotopic (exact) mass is 379 g/mol. The molecule has 1 N–H and O–H groups in total. The van der Waals surface area contributed by atoms with E-state index in [9.17, 15) is 0 Å². The zero-order chi connectivity index (χ0) is 13.9. The van der Waals surface area contributed by atoms with Crippen LogP contribution in [0, 0.1) is 3.57 Å². The quantitative estimate of drug-likeness (QED) is 0.814. The van der Waals surface area contributed by atoms with Crippen LogP contribution in [0.5, 0.6) is 5.75 Å². The second kappa shape index (κ2) is 6.14. The lowest BCUT2D eigenvalue weighted by molar-refractivity contribution is 0.357. The number of ether oxygens (including phenoxy) is 1. The molecule has 0 amide bonds. The number of benzene rings is 2. The molecule has 0 spiro atoms. The Morgan fingerprint density at radius 1 is 1.25 bits per heavy atom. The molecular formula is C17H18INO. The minimum atomic E-state index is 0.249. The average molecular weight is 379 g/mol. The maximum atomic E-state index is 5.60. The SMILES string of the molecule is CCNC(c1ccc2c(c1)CCO2)c1ccccc1I. The molecule has 1 aliphatic heterocycles. The third-order valence-corrected chi connectivity index (χ3v) is 4.65. The molecule has 0 saturated carbocycles. The molecule has 1 heterocycles. The summed E-state index contributed by atoms with van der Waals surface area (Å²) in [6, 6.07) is 15.4. The molecule has 2 aromatic carbocycles. The Morgan fingerprint density at radius 2 is 2.10 bits per heavy atom. The third-order valence-electron chi connectivity index (χ3n) is 3.67. The first-order valence-corrected chi connectivity index (χ1v) is 8.11. The molecule has 0 fully saturated rings. The fraction of sp³-hybridized carbons (Fsp3) is 0.294. The van der Waals surface area contributed by atoms with Crippen LogP contribution in [-0.4, -0.2) is 13.2 Å². The standard InChI is InChI=1S/C17H18INO/c1-2-19-17(14-5-3-4-6-15(14)18)13-7-8-16-12(11-13)9-10-20-16/h3-8,11,17,19H,2,9-10H2,1H3. The molecule has 2 aromatic rings. The molecule has 3 rings (SSSR count). The van der Waals surface area contributed by atoms with Gasteiger partial charge in [0.15, 0.2) is 0 Å². The molecule has 0 radical (unpaired) electrons. The van der Waals surface area contributed by atoms with Crippen molar-refractivity contribution in [3.05, 3.63) is 62.7 Å². The number of rotatable bonds is 4. The molecule has 0 saturated heterocycles. The predicted octanol–water partition coefficient (Wildman–Crippen LogP) is 3.93. The fourth-order valence-corrected chi connectivity index (χ4v) is 3.41. The highest BCUT2D eigenvalue weighted by Gasteiger charge is 2.19. The normalized spacial score (nSPS) is 14.7. The van der Waals surface area contributed by atoms with E-state index in [4.69, 9.17) is 4.74 Å². The summed E-state index contributed by atoms with van der Waals surface area (Å²) in [5.41, 5.74) is 3.99. The number of halogens is 1. The summed E-state index contributed by atoms with van der Waals surface area (Å²) in [5.74, 6) is 1.05. The second-order valence-electron chi connectivity index (χ2n) is 4.98. The van der Waals surface area contributed by atoms with Gasteiger partial charge in [-0.15, -0.1) is 0 Å². The van der Waals surface area contributed by atoms with Crippen molar-refractivity contribution in [1.82, 2.24) is 5.32 Å². The first-order chi connectivity index (χ1) is 9.79. The third kappa shape index (κ3) is 2.69. The van der Waals surface area contributed by atoms with Crippen LogP contribution < -0.4 is 10.1 Å². The number of hydrogen-bond acceptors (Lipinski definition) is 2. The maximum absolute atomic E-state index is 5.60. The topological polar surface area (TPSA) is 21.3 Å². The van der Waals surface area contributed by atoms with Crippen LogP contribution in [0.15, 0.2) is 42.5 Å². The summed E-state index contributed by atoms with van der Waals surface area (Å²) in [4.78, 5) is 0. The van der Waals surface area contributed by atoms with Gasteiger partial charge < -0.3 is 10.1 Å². The molecular weight excluding hydrogens is 361 g/mol. The Kier molecular flexibility index (Phi) is 4.27. The van der Waals surface area contributed by atoms with Crippen molar-refractivity contribution in [3.63, 3.8) is 0 Å². The Morgan fingerprint density at radius 3 is 2.90 bits per heavy atom. The summed E-state index contributed by atoms with van der Waals surface area (Å²) < 4.78 is 6.90. The zero-order valence-electron chi connectivity index (χ0n) is 11.5. The summed E-state index contributed by atoms with van der Waals surface area (Å²) in [5, 5.41) is 3.60. The highest BCUT2D eigenvalue weighted by atomic mass is 127. The van der Waals surface area contributed by atoms with Crippen molar-refractivity contribution >= 4 is 22.6 Å². The van der Waals surface area contributed by atoms with Gasteiger partial charge in [0.05, 0.1) is 12.6 Å². The molecule has 2 nitrogen and oxygen atoms in total. The number of hydrogen-bond donors (Lipinski definition) is 1. The van der Waals surface area contributed by atoms with Crippen molar-refractivity contribution < 1.29 is 4.74 Å². The second-order valence-corrected chi connectivity index (χ2v) is 6.14.